The van der Waals surface area contributed by atoms with E-state index in [9.17, 15) is 5.11 Å². The van der Waals surface area contributed by atoms with Crippen LogP contribution in [0.15, 0.2) is 53.8 Å². The number of nitrogens with zero attached hydrogens (tertiary/aromatic N) is 2. The molecule has 3 N–H and O–H groups in total. The summed E-state index contributed by atoms with van der Waals surface area (Å²) in [7, 11) is 0. The van der Waals surface area contributed by atoms with Gasteiger partial charge in [-0.1, -0.05) is 24.3 Å². The van der Waals surface area contributed by atoms with Crippen molar-refractivity contribution in [2.24, 2.45) is 4.99 Å². The van der Waals surface area contributed by atoms with Crippen molar-refractivity contribution in [3.63, 3.8) is 0 Å². The number of hydrogen-bond acceptors (Lipinski definition) is 3. The van der Waals surface area contributed by atoms with Gasteiger partial charge >= 0.3 is 0 Å². The molecular weight excluding hydrogens is 288 g/mol. The van der Waals surface area contributed by atoms with Crippen LogP contribution in [0.2, 0.25) is 0 Å². The maximum absolute atomic E-state index is 10.2. The molecule has 0 bridgehead atoms. The third-order valence-electron chi connectivity index (χ3n) is 3.57. The summed E-state index contributed by atoms with van der Waals surface area (Å²) >= 11 is 0. The first-order valence-corrected chi connectivity index (χ1v) is 7.85. The predicted octanol–water partition coefficient (Wildman–Crippen LogP) is 2.18. The number of pyridine rings is 1. The van der Waals surface area contributed by atoms with Crippen LogP contribution < -0.4 is 10.6 Å². The third kappa shape index (κ3) is 5.38. The minimum Gasteiger partial charge on any atom is -0.387 e. The van der Waals surface area contributed by atoms with E-state index in [1.54, 1.807) is 12.4 Å². The monoisotopic (exact) mass is 312 g/mol. The normalized spacial score (nSPS) is 12.7. The summed E-state index contributed by atoms with van der Waals surface area (Å²) in [6, 6.07) is 11.8. The molecule has 0 saturated heterocycles. The number of aryl methyl sites for hydroxylation is 1. The highest BCUT2D eigenvalue weighted by atomic mass is 16.3. The molecule has 1 aromatic heterocycles. The van der Waals surface area contributed by atoms with Gasteiger partial charge in [0.25, 0.3) is 0 Å². The van der Waals surface area contributed by atoms with E-state index in [1.165, 1.54) is 11.1 Å². The Kier molecular flexibility index (Phi) is 6.56. The van der Waals surface area contributed by atoms with Crippen LogP contribution in [0, 0.1) is 6.92 Å². The minimum atomic E-state index is -0.597. The van der Waals surface area contributed by atoms with Crippen LogP contribution in [0.4, 0.5) is 0 Å². The number of aromatic nitrogens is 1. The molecule has 1 atom stereocenters. The van der Waals surface area contributed by atoms with Crippen molar-refractivity contribution in [2.45, 2.75) is 26.5 Å². The average Bonchev–Trinajstić information content (AvgIpc) is 2.59. The summed E-state index contributed by atoms with van der Waals surface area (Å²) in [4.78, 5) is 8.54. The fourth-order valence-electron chi connectivity index (χ4n) is 2.19. The first-order chi connectivity index (χ1) is 11.2. The fraction of sp³-hybridized carbons (Fsp3) is 0.333. The Labute approximate surface area is 137 Å². The summed E-state index contributed by atoms with van der Waals surface area (Å²) in [5.41, 5.74) is 3.26. The van der Waals surface area contributed by atoms with Crippen LogP contribution in [0.5, 0.6) is 0 Å². The molecule has 5 nitrogen and oxygen atoms in total. The first kappa shape index (κ1) is 17.0. The molecule has 5 heteroatoms. The quantitative estimate of drug-likeness (QED) is 0.565. The Morgan fingerprint density at radius 2 is 1.91 bits per heavy atom. The lowest BCUT2D eigenvalue weighted by atomic mass is 10.1. The summed E-state index contributed by atoms with van der Waals surface area (Å²) in [5, 5.41) is 16.6. The lowest BCUT2D eigenvalue weighted by Crippen LogP contribution is -2.39. The summed E-state index contributed by atoms with van der Waals surface area (Å²) < 4.78 is 0. The molecule has 1 aromatic carbocycles. The van der Waals surface area contributed by atoms with Crippen molar-refractivity contribution in [1.82, 2.24) is 15.6 Å². The minimum absolute atomic E-state index is 0.392. The Balaban J connectivity index is 1.95. The van der Waals surface area contributed by atoms with Gasteiger partial charge < -0.3 is 15.7 Å². The SMILES string of the molecule is CCNC(=NCc1ccccc1C)NCC(O)c1ccncc1. The van der Waals surface area contributed by atoms with Crippen molar-refractivity contribution in [1.29, 1.82) is 0 Å². The summed E-state index contributed by atoms with van der Waals surface area (Å²) in [6.07, 6.45) is 2.76. The molecule has 0 radical (unpaired) electrons. The zero-order chi connectivity index (χ0) is 16.5. The van der Waals surface area contributed by atoms with E-state index in [2.05, 4.69) is 39.7 Å². The maximum Gasteiger partial charge on any atom is 0.191 e. The number of aliphatic hydroxyl groups is 1. The van der Waals surface area contributed by atoms with E-state index >= 15 is 0 Å². The molecular formula is C18H24N4O. The van der Waals surface area contributed by atoms with E-state index in [-0.39, 0.29) is 0 Å². The Bertz CT molecular complexity index is 628. The second-order valence-corrected chi connectivity index (χ2v) is 5.30. The molecule has 0 aliphatic heterocycles. The van der Waals surface area contributed by atoms with Gasteiger partial charge in [0.2, 0.25) is 0 Å². The van der Waals surface area contributed by atoms with Gasteiger partial charge in [-0.2, -0.15) is 0 Å². The van der Waals surface area contributed by atoms with Gasteiger partial charge in [-0.3, -0.25) is 4.98 Å². The van der Waals surface area contributed by atoms with Crippen LogP contribution in [-0.2, 0) is 6.54 Å². The predicted molar refractivity (Wildman–Crippen MR) is 93.2 cm³/mol. The highest BCUT2D eigenvalue weighted by Crippen LogP contribution is 2.10. The number of benzene rings is 1. The van der Waals surface area contributed by atoms with Gasteiger partial charge in [0, 0.05) is 25.5 Å². The van der Waals surface area contributed by atoms with Gasteiger partial charge in [0.1, 0.15) is 0 Å². The number of guanidine groups is 1. The molecule has 23 heavy (non-hydrogen) atoms. The lowest BCUT2D eigenvalue weighted by Gasteiger charge is -2.15. The Morgan fingerprint density at radius 1 is 1.17 bits per heavy atom. The topological polar surface area (TPSA) is 69.5 Å². The highest BCUT2D eigenvalue weighted by molar-refractivity contribution is 5.79. The second-order valence-electron chi connectivity index (χ2n) is 5.30. The van der Waals surface area contributed by atoms with Crippen LogP contribution in [0.25, 0.3) is 0 Å². The number of aliphatic imine (C=N–C) groups is 1. The van der Waals surface area contributed by atoms with Gasteiger partial charge in [0.05, 0.1) is 12.6 Å². The van der Waals surface area contributed by atoms with Crippen molar-refractivity contribution < 1.29 is 5.11 Å². The van der Waals surface area contributed by atoms with Gasteiger partial charge in [0.15, 0.2) is 5.96 Å². The first-order valence-electron chi connectivity index (χ1n) is 7.85. The van der Waals surface area contributed by atoms with Crippen LogP contribution in [0.3, 0.4) is 0 Å². The molecule has 0 fully saturated rings. The molecule has 0 aliphatic carbocycles. The van der Waals surface area contributed by atoms with Crippen molar-refractivity contribution >= 4 is 5.96 Å². The van der Waals surface area contributed by atoms with E-state index in [1.807, 2.05) is 31.2 Å². The summed E-state index contributed by atoms with van der Waals surface area (Å²) in [5.74, 6) is 0.698. The molecule has 122 valence electrons. The van der Waals surface area contributed by atoms with Crippen LogP contribution in [-0.4, -0.2) is 29.1 Å². The summed E-state index contributed by atoms with van der Waals surface area (Å²) in [6.45, 7) is 5.87. The molecule has 0 aliphatic rings. The molecule has 2 aromatic rings. The Hall–Kier alpha value is -2.40. The lowest BCUT2D eigenvalue weighted by molar-refractivity contribution is 0.180. The molecule has 1 unspecified atom stereocenters. The van der Waals surface area contributed by atoms with E-state index in [4.69, 9.17) is 0 Å². The maximum atomic E-state index is 10.2. The number of rotatable bonds is 6. The van der Waals surface area contributed by atoms with Gasteiger partial charge in [-0.25, -0.2) is 4.99 Å². The van der Waals surface area contributed by atoms with Crippen molar-refractivity contribution in [2.75, 3.05) is 13.1 Å². The van der Waals surface area contributed by atoms with E-state index in [0.717, 1.165) is 12.1 Å². The molecule has 2 rings (SSSR count). The van der Waals surface area contributed by atoms with E-state index < -0.39 is 6.10 Å². The largest absolute Gasteiger partial charge is 0.387 e. The van der Waals surface area contributed by atoms with Gasteiger partial charge in [-0.15, -0.1) is 0 Å². The zero-order valence-corrected chi connectivity index (χ0v) is 13.7. The van der Waals surface area contributed by atoms with Crippen molar-refractivity contribution in [3.05, 3.63) is 65.5 Å². The fourth-order valence-corrected chi connectivity index (χ4v) is 2.19. The highest BCUT2D eigenvalue weighted by Gasteiger charge is 2.08. The molecule has 0 amide bonds. The zero-order valence-electron chi connectivity index (χ0n) is 13.7. The standard InChI is InChI=1S/C18H24N4O/c1-3-20-18(21-12-16-7-5-4-6-14(16)2)22-13-17(23)15-8-10-19-11-9-15/h4-11,17,23H,3,12-13H2,1-2H3,(H2,20,21,22). The molecule has 0 spiro atoms. The third-order valence-corrected chi connectivity index (χ3v) is 3.57. The number of nitrogens with one attached hydrogen (secondary N) is 2. The van der Waals surface area contributed by atoms with Crippen molar-refractivity contribution in [3.8, 4) is 0 Å². The number of hydrogen-bond donors (Lipinski definition) is 3. The molecule has 1 heterocycles. The average molecular weight is 312 g/mol. The Morgan fingerprint density at radius 3 is 2.61 bits per heavy atom. The van der Waals surface area contributed by atoms with Crippen LogP contribution >= 0.6 is 0 Å². The number of aliphatic hydroxyl groups excluding tert-OH is 1. The second kappa shape index (κ2) is 8.90. The van der Waals surface area contributed by atoms with Gasteiger partial charge in [-0.05, 0) is 42.7 Å². The smallest absolute Gasteiger partial charge is 0.191 e. The van der Waals surface area contributed by atoms with Crippen LogP contribution in [0.1, 0.15) is 29.7 Å². The van der Waals surface area contributed by atoms with E-state index in [0.29, 0.717) is 19.0 Å². The molecule has 0 saturated carbocycles.